The second kappa shape index (κ2) is 43.3. The fourth-order valence-corrected chi connectivity index (χ4v) is 6.80. The van der Waals surface area contributed by atoms with E-state index in [-0.39, 0.29) is 25.7 Å². The molecule has 9 heteroatoms. The standard InChI is InChI=1S/C48H85N2O6P/c1-3-5-7-9-11-13-15-17-19-21-22-23-24-26-28-30-32-34-36-38-40-42-48(52)50-46(45-56-57(53,54)55-44-43-49)47(51)41-39-37-35-33-31-29-27-25-20-18-16-14-12-10-8-6-4-2/h5,7,11,13,17,19-20,22-23,25,31,33,39,41,46-47,51H,3-4,6,8-10,12,14-16,18,21,24,26-30,32,34-38,40,42-45,49H2,1-2H3,(H,50,52)(H,53,54)/b7-5-,13-11-,19-17-,23-22-,25-20+,33-31+,41-39+. The van der Waals surface area contributed by atoms with Crippen molar-refractivity contribution in [2.45, 2.75) is 193 Å². The highest BCUT2D eigenvalue weighted by Crippen LogP contribution is 2.43. The molecule has 0 aromatic carbocycles. The number of aliphatic hydroxyl groups excluding tert-OH is 1. The second-order valence-electron chi connectivity index (χ2n) is 14.9. The van der Waals surface area contributed by atoms with Crippen molar-refractivity contribution in [1.82, 2.24) is 5.32 Å². The van der Waals surface area contributed by atoms with Crippen LogP contribution in [0.2, 0.25) is 0 Å². The van der Waals surface area contributed by atoms with E-state index in [0.717, 1.165) is 83.5 Å². The van der Waals surface area contributed by atoms with Crippen LogP contribution in [0.15, 0.2) is 85.1 Å². The molecule has 57 heavy (non-hydrogen) atoms. The van der Waals surface area contributed by atoms with Crippen LogP contribution in [0.1, 0.15) is 181 Å². The van der Waals surface area contributed by atoms with Crippen molar-refractivity contribution in [3.05, 3.63) is 85.1 Å². The third kappa shape index (κ3) is 41.6. The molecule has 1 amide bonds. The van der Waals surface area contributed by atoms with Crippen molar-refractivity contribution in [3.63, 3.8) is 0 Å². The van der Waals surface area contributed by atoms with Crippen LogP contribution < -0.4 is 11.1 Å². The molecule has 0 saturated heterocycles. The van der Waals surface area contributed by atoms with E-state index >= 15 is 0 Å². The number of aliphatic hydroxyl groups is 1. The molecule has 0 spiro atoms. The monoisotopic (exact) mass is 817 g/mol. The van der Waals surface area contributed by atoms with Gasteiger partial charge in [0.25, 0.3) is 0 Å². The maximum Gasteiger partial charge on any atom is 0.472 e. The molecule has 0 rings (SSSR count). The first-order valence-corrected chi connectivity index (χ1v) is 24.2. The molecule has 0 aromatic heterocycles. The third-order valence-corrected chi connectivity index (χ3v) is 10.4. The summed E-state index contributed by atoms with van der Waals surface area (Å²) in [5.41, 5.74) is 5.37. The van der Waals surface area contributed by atoms with Crippen LogP contribution in [-0.4, -0.2) is 47.8 Å². The van der Waals surface area contributed by atoms with Crippen molar-refractivity contribution in [3.8, 4) is 0 Å². The summed E-state index contributed by atoms with van der Waals surface area (Å²) in [6.45, 7) is 3.97. The van der Waals surface area contributed by atoms with Gasteiger partial charge in [0.2, 0.25) is 5.91 Å². The molecule has 0 radical (unpaired) electrons. The number of amides is 1. The summed E-state index contributed by atoms with van der Waals surface area (Å²) in [5.74, 6) is -0.220. The lowest BCUT2D eigenvalue weighted by atomic mass is 10.1. The predicted octanol–water partition coefficient (Wildman–Crippen LogP) is 13.0. The number of hydrogen-bond donors (Lipinski definition) is 4. The van der Waals surface area contributed by atoms with Gasteiger partial charge < -0.3 is 21.1 Å². The van der Waals surface area contributed by atoms with E-state index in [2.05, 4.69) is 92.1 Å². The zero-order chi connectivity index (χ0) is 41.8. The molecular formula is C48H85N2O6P. The molecule has 0 fully saturated rings. The van der Waals surface area contributed by atoms with Gasteiger partial charge in [-0.3, -0.25) is 13.8 Å². The highest BCUT2D eigenvalue weighted by atomic mass is 31.2. The lowest BCUT2D eigenvalue weighted by Crippen LogP contribution is -2.45. The molecule has 0 saturated carbocycles. The SMILES string of the molecule is CC/C=C\C/C=C\C/C=C\C/C=C\CCCCCCCCCCC(=O)NC(COP(=O)(O)OCCN)C(O)/C=C/CC/C=C/CC/C=C/CCCCCCCCC. The van der Waals surface area contributed by atoms with Gasteiger partial charge in [0.15, 0.2) is 0 Å². The lowest BCUT2D eigenvalue weighted by molar-refractivity contribution is -0.123. The van der Waals surface area contributed by atoms with Crippen LogP contribution in [0.5, 0.6) is 0 Å². The number of unbranched alkanes of at least 4 members (excludes halogenated alkanes) is 17. The first kappa shape index (κ1) is 54.7. The Morgan fingerprint density at radius 3 is 1.56 bits per heavy atom. The smallest absolute Gasteiger partial charge is 0.387 e. The minimum atomic E-state index is -4.36. The molecule has 3 unspecified atom stereocenters. The number of allylic oxidation sites excluding steroid dienone is 13. The average Bonchev–Trinajstić information content (AvgIpc) is 3.20. The zero-order valence-corrected chi connectivity index (χ0v) is 37.2. The Bertz CT molecular complexity index is 1160. The number of carbonyl (C=O) groups excluding carboxylic acids is 1. The largest absolute Gasteiger partial charge is 0.472 e. The Morgan fingerprint density at radius 1 is 0.596 bits per heavy atom. The van der Waals surface area contributed by atoms with Gasteiger partial charge >= 0.3 is 7.82 Å². The van der Waals surface area contributed by atoms with Crippen molar-refractivity contribution in [2.24, 2.45) is 5.73 Å². The molecule has 0 aliphatic heterocycles. The van der Waals surface area contributed by atoms with Crippen molar-refractivity contribution in [1.29, 1.82) is 0 Å². The maximum absolute atomic E-state index is 12.8. The second-order valence-corrected chi connectivity index (χ2v) is 16.3. The quantitative estimate of drug-likeness (QED) is 0.0274. The van der Waals surface area contributed by atoms with Crippen LogP contribution in [-0.2, 0) is 18.4 Å². The molecule has 328 valence electrons. The highest BCUT2D eigenvalue weighted by Gasteiger charge is 2.26. The molecule has 0 aliphatic rings. The summed E-state index contributed by atoms with van der Waals surface area (Å²) >= 11 is 0. The fraction of sp³-hybridized carbons (Fsp3) is 0.688. The Labute approximate surface area is 349 Å². The summed E-state index contributed by atoms with van der Waals surface area (Å²) in [6.07, 6.45) is 57.8. The maximum atomic E-state index is 12.8. The number of rotatable bonds is 41. The van der Waals surface area contributed by atoms with Gasteiger partial charge in [-0.25, -0.2) is 4.57 Å². The van der Waals surface area contributed by atoms with Gasteiger partial charge in [-0.1, -0.05) is 176 Å². The Morgan fingerprint density at radius 2 is 1.04 bits per heavy atom. The summed E-state index contributed by atoms with van der Waals surface area (Å²) in [5, 5.41) is 13.7. The van der Waals surface area contributed by atoms with Crippen LogP contribution in [0.4, 0.5) is 0 Å². The van der Waals surface area contributed by atoms with Gasteiger partial charge in [-0.15, -0.1) is 0 Å². The topological polar surface area (TPSA) is 131 Å². The summed E-state index contributed by atoms with van der Waals surface area (Å²) in [6, 6.07) is -0.893. The number of carbonyl (C=O) groups is 1. The van der Waals surface area contributed by atoms with Crippen molar-refractivity contribution < 1.29 is 28.4 Å². The number of nitrogens with two attached hydrogens (primary N) is 1. The Hall–Kier alpha value is -2.32. The van der Waals surface area contributed by atoms with Gasteiger partial charge in [-0.2, -0.15) is 0 Å². The third-order valence-electron chi connectivity index (χ3n) is 9.43. The molecule has 0 aliphatic carbocycles. The van der Waals surface area contributed by atoms with Crippen molar-refractivity contribution in [2.75, 3.05) is 19.8 Å². The van der Waals surface area contributed by atoms with E-state index in [1.54, 1.807) is 6.08 Å². The van der Waals surface area contributed by atoms with Gasteiger partial charge in [0, 0.05) is 13.0 Å². The van der Waals surface area contributed by atoms with E-state index in [9.17, 15) is 19.4 Å². The number of nitrogens with one attached hydrogen (secondary N) is 1. The van der Waals surface area contributed by atoms with E-state index in [0.29, 0.717) is 6.42 Å². The normalized spacial score (nSPS) is 14.8. The summed E-state index contributed by atoms with van der Waals surface area (Å²) < 4.78 is 22.1. The number of phosphoric ester groups is 1. The Balaban J connectivity index is 4.28. The van der Waals surface area contributed by atoms with Gasteiger partial charge in [-0.05, 0) is 83.5 Å². The molecule has 3 atom stereocenters. The average molecular weight is 817 g/mol. The van der Waals surface area contributed by atoms with Gasteiger partial charge in [0.05, 0.1) is 25.4 Å². The van der Waals surface area contributed by atoms with E-state index in [1.807, 2.05) is 6.08 Å². The molecular weight excluding hydrogens is 732 g/mol. The molecule has 0 bridgehead atoms. The zero-order valence-electron chi connectivity index (χ0n) is 36.3. The minimum Gasteiger partial charge on any atom is -0.387 e. The van der Waals surface area contributed by atoms with Gasteiger partial charge in [0.1, 0.15) is 0 Å². The first-order valence-electron chi connectivity index (χ1n) is 22.7. The highest BCUT2D eigenvalue weighted by molar-refractivity contribution is 7.47. The molecule has 0 heterocycles. The Kier molecular flexibility index (Phi) is 41.5. The lowest BCUT2D eigenvalue weighted by Gasteiger charge is -2.23. The predicted molar refractivity (Wildman–Crippen MR) is 244 cm³/mol. The van der Waals surface area contributed by atoms with Crippen molar-refractivity contribution >= 4 is 13.7 Å². The number of phosphoric acid groups is 1. The minimum absolute atomic E-state index is 0.0660. The van der Waals surface area contributed by atoms with Crippen LogP contribution in [0.3, 0.4) is 0 Å². The molecule has 5 N–H and O–H groups in total. The van der Waals surface area contributed by atoms with E-state index < -0.39 is 20.0 Å². The van der Waals surface area contributed by atoms with Crippen LogP contribution in [0.25, 0.3) is 0 Å². The van der Waals surface area contributed by atoms with E-state index in [4.69, 9.17) is 14.8 Å². The first-order chi connectivity index (χ1) is 27.9. The molecule has 8 nitrogen and oxygen atoms in total. The molecule has 0 aromatic rings. The van der Waals surface area contributed by atoms with Crippen LogP contribution >= 0.6 is 7.82 Å². The number of hydrogen-bond acceptors (Lipinski definition) is 6. The van der Waals surface area contributed by atoms with E-state index in [1.165, 1.54) is 77.0 Å². The van der Waals surface area contributed by atoms with Crippen LogP contribution in [0, 0.1) is 0 Å². The summed E-state index contributed by atoms with van der Waals surface area (Å²) in [4.78, 5) is 22.7. The summed E-state index contributed by atoms with van der Waals surface area (Å²) in [7, 11) is -4.36. The fourth-order valence-electron chi connectivity index (χ4n) is 6.04.